The van der Waals surface area contributed by atoms with Gasteiger partial charge < -0.3 is 26.4 Å². The third-order valence-corrected chi connectivity index (χ3v) is 8.19. The lowest BCUT2D eigenvalue weighted by Gasteiger charge is -2.37. The number of rotatable bonds is 5. The van der Waals surface area contributed by atoms with Gasteiger partial charge in [0.1, 0.15) is 6.23 Å². The zero-order chi connectivity index (χ0) is 16.4. The summed E-state index contributed by atoms with van der Waals surface area (Å²) in [5.74, 6) is -1.63. The molecule has 7 nitrogen and oxygen atoms in total. The van der Waals surface area contributed by atoms with Crippen LogP contribution in [0, 0.1) is 0 Å². The highest BCUT2D eigenvalue weighted by atomic mass is 127. The van der Waals surface area contributed by atoms with Crippen molar-refractivity contribution in [2.24, 2.45) is 5.73 Å². The summed E-state index contributed by atoms with van der Waals surface area (Å²) in [6.45, 7) is 0. The lowest BCUT2D eigenvalue weighted by atomic mass is 10.1. The van der Waals surface area contributed by atoms with E-state index in [1.807, 2.05) is 0 Å². The van der Waals surface area contributed by atoms with Crippen LogP contribution < -0.4 is 11.1 Å². The topological polar surface area (TPSA) is 133 Å². The van der Waals surface area contributed by atoms with Crippen LogP contribution in [0.1, 0.15) is 20.7 Å². The van der Waals surface area contributed by atoms with Crippen molar-refractivity contribution < 1.29 is 24.9 Å². The fraction of sp³-hybridized carbons (Fsp3) is 0.273. The van der Waals surface area contributed by atoms with Crippen LogP contribution in [-0.4, -0.2) is 38.6 Å². The standard InChI is InChI=1S/C11H11I3N2O5/c12-10(21,9(15)20)11(13,14)16-7(17)5-1-3-6(4-2-5)8(18)19/h1-4,9,20-21H,15H2,(H,16,17)(H,18,19). The molecular weight excluding hydrogens is 621 g/mol. The molecule has 1 aromatic carbocycles. The monoisotopic (exact) mass is 632 g/mol. The number of aromatic carboxylic acids is 1. The summed E-state index contributed by atoms with van der Waals surface area (Å²) < 4.78 is -3.08. The molecule has 0 spiro atoms. The van der Waals surface area contributed by atoms with E-state index in [9.17, 15) is 19.8 Å². The van der Waals surface area contributed by atoms with Crippen LogP contribution in [-0.2, 0) is 0 Å². The van der Waals surface area contributed by atoms with Crippen molar-refractivity contribution in [3.63, 3.8) is 0 Å². The Hall–Kier alpha value is 0.230. The van der Waals surface area contributed by atoms with E-state index in [4.69, 9.17) is 10.8 Å². The summed E-state index contributed by atoms with van der Waals surface area (Å²) in [5, 5.41) is 30.8. The number of carbonyl (C=O) groups is 2. The van der Waals surface area contributed by atoms with Crippen molar-refractivity contribution in [3.05, 3.63) is 35.4 Å². The number of aliphatic hydroxyl groups is 2. The first-order valence-electron chi connectivity index (χ1n) is 5.37. The molecule has 0 aliphatic rings. The van der Waals surface area contributed by atoms with Crippen LogP contribution in [0.3, 0.4) is 0 Å². The number of nitrogens with two attached hydrogens (primary N) is 1. The van der Waals surface area contributed by atoms with Gasteiger partial charge >= 0.3 is 5.97 Å². The summed E-state index contributed by atoms with van der Waals surface area (Å²) >= 11 is 5.06. The second-order valence-corrected chi connectivity index (χ2v) is 11.0. The highest BCUT2D eigenvalue weighted by Gasteiger charge is 2.50. The molecule has 0 heterocycles. The maximum absolute atomic E-state index is 12.1. The summed E-state index contributed by atoms with van der Waals surface area (Å²) in [7, 11) is 0. The first kappa shape index (κ1) is 19.3. The third kappa shape index (κ3) is 4.60. The number of aliphatic hydroxyl groups excluding tert-OH is 1. The number of hydrogen-bond donors (Lipinski definition) is 5. The first-order valence-corrected chi connectivity index (χ1v) is 8.61. The van der Waals surface area contributed by atoms with Crippen LogP contribution in [0.4, 0.5) is 0 Å². The molecule has 0 saturated carbocycles. The molecule has 1 rings (SSSR count). The molecule has 0 aliphatic carbocycles. The van der Waals surface area contributed by atoms with E-state index in [1.165, 1.54) is 24.3 Å². The molecule has 6 N–H and O–H groups in total. The SMILES string of the molecule is NC(O)C(O)(I)C(I)(I)NC(=O)c1ccc(C(=O)O)cc1. The smallest absolute Gasteiger partial charge is 0.335 e. The van der Waals surface area contributed by atoms with E-state index in [1.54, 1.807) is 67.8 Å². The fourth-order valence-corrected chi connectivity index (χ4v) is 2.52. The number of carboxylic acids is 1. The van der Waals surface area contributed by atoms with E-state index < -0.39 is 23.3 Å². The van der Waals surface area contributed by atoms with Gasteiger partial charge in [-0.15, -0.1) is 0 Å². The highest BCUT2D eigenvalue weighted by Crippen LogP contribution is 2.42. The average Bonchev–Trinajstić information content (AvgIpc) is 2.37. The second-order valence-electron chi connectivity index (χ2n) is 4.03. The Balaban J connectivity index is 2.92. The summed E-state index contributed by atoms with van der Waals surface area (Å²) in [4.78, 5) is 22.8. The Kier molecular flexibility index (Phi) is 6.61. The Morgan fingerprint density at radius 3 is 1.95 bits per heavy atom. The van der Waals surface area contributed by atoms with E-state index >= 15 is 0 Å². The van der Waals surface area contributed by atoms with Gasteiger partial charge in [-0.25, -0.2) is 4.79 Å². The average molecular weight is 632 g/mol. The number of carbonyl (C=O) groups excluding carboxylic acids is 1. The van der Waals surface area contributed by atoms with Crippen LogP contribution in [0.15, 0.2) is 24.3 Å². The molecule has 1 amide bonds. The molecule has 0 fully saturated rings. The number of amides is 1. The lowest BCUT2D eigenvalue weighted by Crippen LogP contribution is -2.61. The molecule has 10 heteroatoms. The van der Waals surface area contributed by atoms with Gasteiger partial charge in [0.2, 0.25) is 0 Å². The Bertz CT molecular complexity index is 545. The predicted octanol–water partition coefficient (Wildman–Crippen LogP) is 1.04. The molecule has 116 valence electrons. The highest BCUT2D eigenvalue weighted by molar-refractivity contribution is 14.2. The van der Waals surface area contributed by atoms with Crippen molar-refractivity contribution in [1.82, 2.24) is 5.32 Å². The number of nitrogens with one attached hydrogen (secondary N) is 1. The minimum absolute atomic E-state index is 0.0598. The molecule has 0 radical (unpaired) electrons. The van der Waals surface area contributed by atoms with E-state index in [0.717, 1.165) is 0 Å². The summed E-state index contributed by atoms with van der Waals surface area (Å²) in [6, 6.07) is 5.31. The van der Waals surface area contributed by atoms with Gasteiger partial charge in [-0.05, 0) is 92.0 Å². The molecule has 0 bridgehead atoms. The molecule has 1 aromatic rings. The lowest BCUT2D eigenvalue weighted by molar-refractivity contribution is 0.00459. The molecule has 0 aromatic heterocycles. The first-order chi connectivity index (χ1) is 9.49. The summed E-state index contributed by atoms with van der Waals surface area (Å²) in [6.07, 6.45) is -1.57. The van der Waals surface area contributed by atoms with E-state index in [2.05, 4.69) is 5.32 Å². The van der Waals surface area contributed by atoms with Gasteiger partial charge in [0.05, 0.1) is 5.56 Å². The number of halogens is 3. The van der Waals surface area contributed by atoms with Gasteiger partial charge in [-0.2, -0.15) is 0 Å². The zero-order valence-corrected chi connectivity index (χ0v) is 16.7. The van der Waals surface area contributed by atoms with Crippen LogP contribution in [0.2, 0.25) is 0 Å². The largest absolute Gasteiger partial charge is 0.478 e. The predicted molar refractivity (Wildman–Crippen MR) is 101 cm³/mol. The molecule has 21 heavy (non-hydrogen) atoms. The minimum Gasteiger partial charge on any atom is -0.478 e. The van der Waals surface area contributed by atoms with Crippen LogP contribution in [0.25, 0.3) is 0 Å². The van der Waals surface area contributed by atoms with Gasteiger partial charge in [-0.3, -0.25) is 4.79 Å². The van der Waals surface area contributed by atoms with Gasteiger partial charge in [0, 0.05) is 5.56 Å². The number of alkyl halides is 3. The number of hydrogen-bond acceptors (Lipinski definition) is 5. The van der Waals surface area contributed by atoms with Crippen molar-refractivity contribution in [2.45, 2.75) is 11.4 Å². The zero-order valence-electron chi connectivity index (χ0n) is 10.3. The van der Waals surface area contributed by atoms with Crippen molar-refractivity contribution in [1.29, 1.82) is 0 Å². The second kappa shape index (κ2) is 7.20. The summed E-state index contributed by atoms with van der Waals surface area (Å²) in [5.41, 5.74) is 5.57. The third-order valence-electron chi connectivity index (χ3n) is 2.50. The number of benzene rings is 1. The number of carboxylic acid groups (broad SMARTS) is 1. The van der Waals surface area contributed by atoms with Crippen molar-refractivity contribution in [3.8, 4) is 0 Å². The van der Waals surface area contributed by atoms with Crippen molar-refractivity contribution >= 4 is 79.6 Å². The van der Waals surface area contributed by atoms with Crippen LogP contribution in [0.5, 0.6) is 0 Å². The molecule has 0 saturated heterocycles. The Labute approximate surface area is 161 Å². The van der Waals surface area contributed by atoms with Crippen molar-refractivity contribution in [2.75, 3.05) is 0 Å². The van der Waals surface area contributed by atoms with Crippen LogP contribution >= 0.6 is 67.8 Å². The van der Waals surface area contributed by atoms with Gasteiger partial charge in [-0.1, -0.05) is 0 Å². The molecule has 2 unspecified atom stereocenters. The quantitative estimate of drug-likeness (QED) is 0.143. The minimum atomic E-state index is -1.80. The van der Waals surface area contributed by atoms with Gasteiger partial charge in [0.15, 0.2) is 5.16 Å². The molecule has 0 aliphatic heterocycles. The normalized spacial score (nSPS) is 15.9. The Morgan fingerprint density at radius 1 is 1.14 bits per heavy atom. The maximum atomic E-state index is 12.1. The van der Waals surface area contributed by atoms with E-state index in [0.29, 0.717) is 0 Å². The van der Waals surface area contributed by atoms with Gasteiger partial charge in [0.25, 0.3) is 5.91 Å². The maximum Gasteiger partial charge on any atom is 0.335 e. The Morgan fingerprint density at radius 2 is 1.57 bits per heavy atom. The molecule has 2 atom stereocenters. The van der Waals surface area contributed by atoms with E-state index in [-0.39, 0.29) is 11.1 Å². The fourth-order valence-electron chi connectivity index (χ4n) is 1.25. The molecular formula is C11H11I3N2O5.